The number of fused-ring (bicyclic) bond motifs is 1. The molecule has 0 N–H and O–H groups in total. The Morgan fingerprint density at radius 1 is 1.38 bits per heavy atom. The van der Waals surface area contributed by atoms with Gasteiger partial charge in [0.2, 0.25) is 5.01 Å². The number of carbonyl (C=O) groups is 1. The largest absolute Gasteiger partial charge is 0.461 e. The molecule has 2 heterocycles. The maximum atomic E-state index is 11.7. The van der Waals surface area contributed by atoms with Crippen molar-refractivity contribution in [3.8, 4) is 0 Å². The summed E-state index contributed by atoms with van der Waals surface area (Å²) in [5.41, 5.74) is 1.02. The predicted octanol–water partition coefficient (Wildman–Crippen LogP) is 3.47. The minimum absolute atomic E-state index is 0.289. The van der Waals surface area contributed by atoms with Crippen LogP contribution in [0, 0.1) is 5.92 Å². The van der Waals surface area contributed by atoms with Crippen molar-refractivity contribution < 1.29 is 9.53 Å². The molecule has 116 valence electrons. The van der Waals surface area contributed by atoms with Gasteiger partial charge < -0.3 is 4.74 Å². The monoisotopic (exact) mass is 308 g/mol. The molecule has 0 bridgehead atoms. The zero-order chi connectivity index (χ0) is 14.7. The van der Waals surface area contributed by atoms with Crippen LogP contribution >= 0.6 is 11.3 Å². The van der Waals surface area contributed by atoms with E-state index in [2.05, 4.69) is 9.88 Å². The second-order valence-corrected chi connectivity index (χ2v) is 6.95. The number of nitrogens with zero attached hydrogens (tertiary/aromatic N) is 2. The molecule has 0 aromatic carbocycles. The summed E-state index contributed by atoms with van der Waals surface area (Å²) in [5, 5.41) is 2.50. The van der Waals surface area contributed by atoms with Gasteiger partial charge in [0.1, 0.15) is 0 Å². The molecule has 1 aliphatic heterocycles. The number of likely N-dealkylation sites (tertiary alicyclic amines) is 1. The molecule has 2 aliphatic rings. The average molecular weight is 308 g/mol. The highest BCUT2D eigenvalue weighted by Gasteiger charge is 2.33. The number of piperidine rings is 1. The summed E-state index contributed by atoms with van der Waals surface area (Å²) in [4.78, 5) is 18.7. The lowest BCUT2D eigenvalue weighted by Crippen LogP contribution is -2.46. The lowest BCUT2D eigenvalue weighted by Gasteiger charge is -2.43. The Labute approximate surface area is 130 Å². The van der Waals surface area contributed by atoms with Crippen molar-refractivity contribution in [2.24, 2.45) is 5.92 Å². The number of hydrogen-bond donors (Lipinski definition) is 0. The first-order valence-corrected chi connectivity index (χ1v) is 9.01. The van der Waals surface area contributed by atoms with Crippen LogP contribution in [0.5, 0.6) is 0 Å². The molecule has 1 aliphatic carbocycles. The smallest absolute Gasteiger partial charge is 0.367 e. The molecule has 1 aromatic rings. The van der Waals surface area contributed by atoms with Crippen LogP contribution in [-0.2, 0) is 11.3 Å². The lowest BCUT2D eigenvalue weighted by atomic mass is 9.78. The van der Waals surface area contributed by atoms with Crippen LogP contribution < -0.4 is 0 Å². The highest BCUT2D eigenvalue weighted by atomic mass is 32.1. The molecule has 0 radical (unpaired) electrons. The number of aromatic nitrogens is 1. The highest BCUT2D eigenvalue weighted by Crippen LogP contribution is 2.35. The standard InChI is InChI=1S/C16H24N2O2S/c1-2-20-16(19)15-17-13(11-21-15)10-18-9-5-7-12-6-3-4-8-14(12)18/h11-12,14H,2-10H2,1H3. The van der Waals surface area contributed by atoms with Gasteiger partial charge in [-0.3, -0.25) is 4.90 Å². The predicted molar refractivity (Wildman–Crippen MR) is 83.5 cm³/mol. The van der Waals surface area contributed by atoms with Crippen molar-refractivity contribution in [3.05, 3.63) is 16.1 Å². The van der Waals surface area contributed by atoms with Gasteiger partial charge in [0.05, 0.1) is 12.3 Å². The third-order valence-corrected chi connectivity index (χ3v) is 5.60. The molecular weight excluding hydrogens is 284 g/mol. The second-order valence-electron chi connectivity index (χ2n) is 6.09. The third-order valence-electron chi connectivity index (χ3n) is 4.73. The van der Waals surface area contributed by atoms with E-state index in [1.165, 1.54) is 56.4 Å². The van der Waals surface area contributed by atoms with E-state index in [1.54, 1.807) is 0 Å². The highest BCUT2D eigenvalue weighted by molar-refractivity contribution is 7.11. The lowest BCUT2D eigenvalue weighted by molar-refractivity contribution is 0.0513. The Hall–Kier alpha value is -0.940. The second kappa shape index (κ2) is 6.88. The fraction of sp³-hybridized carbons (Fsp3) is 0.750. The van der Waals surface area contributed by atoms with E-state index in [-0.39, 0.29) is 5.97 Å². The van der Waals surface area contributed by atoms with E-state index in [0.717, 1.165) is 24.2 Å². The van der Waals surface area contributed by atoms with Crippen LogP contribution in [0.4, 0.5) is 0 Å². The van der Waals surface area contributed by atoms with Crippen molar-refractivity contribution in [2.45, 2.75) is 58.0 Å². The number of ether oxygens (including phenoxy) is 1. The number of esters is 1. The van der Waals surface area contributed by atoms with Gasteiger partial charge >= 0.3 is 5.97 Å². The fourth-order valence-corrected chi connectivity index (χ4v) is 4.50. The van der Waals surface area contributed by atoms with Gasteiger partial charge in [0, 0.05) is 18.0 Å². The minimum Gasteiger partial charge on any atom is -0.461 e. The number of rotatable bonds is 4. The van der Waals surface area contributed by atoms with Crippen LogP contribution in [0.15, 0.2) is 5.38 Å². The molecule has 3 rings (SSSR count). The Balaban J connectivity index is 1.64. The SMILES string of the molecule is CCOC(=O)c1nc(CN2CCCC3CCCCC32)cs1. The molecule has 1 aromatic heterocycles. The average Bonchev–Trinajstić information content (AvgIpc) is 2.97. The molecule has 1 saturated carbocycles. The topological polar surface area (TPSA) is 42.4 Å². The van der Waals surface area contributed by atoms with Crippen LogP contribution in [0.25, 0.3) is 0 Å². The minimum atomic E-state index is -0.289. The Morgan fingerprint density at radius 2 is 2.19 bits per heavy atom. The summed E-state index contributed by atoms with van der Waals surface area (Å²) in [5.74, 6) is 0.596. The number of thiazole rings is 1. The number of hydrogen-bond acceptors (Lipinski definition) is 5. The first-order chi connectivity index (χ1) is 10.3. The normalized spacial score (nSPS) is 26.3. The molecule has 1 saturated heterocycles. The zero-order valence-electron chi connectivity index (χ0n) is 12.7. The summed E-state index contributed by atoms with van der Waals surface area (Å²) in [6.07, 6.45) is 8.19. The van der Waals surface area contributed by atoms with Crippen molar-refractivity contribution in [2.75, 3.05) is 13.2 Å². The van der Waals surface area contributed by atoms with Crippen molar-refractivity contribution in [3.63, 3.8) is 0 Å². The maximum Gasteiger partial charge on any atom is 0.367 e. The summed E-state index contributed by atoms with van der Waals surface area (Å²) < 4.78 is 5.01. The zero-order valence-corrected chi connectivity index (χ0v) is 13.5. The van der Waals surface area contributed by atoms with Crippen molar-refractivity contribution >= 4 is 17.3 Å². The number of carbonyl (C=O) groups excluding carboxylic acids is 1. The van der Waals surface area contributed by atoms with E-state index >= 15 is 0 Å². The first kappa shape index (κ1) is 15.0. The van der Waals surface area contributed by atoms with E-state index in [4.69, 9.17) is 4.74 Å². The Bertz CT molecular complexity index is 486. The van der Waals surface area contributed by atoms with E-state index < -0.39 is 0 Å². The Morgan fingerprint density at radius 3 is 3.05 bits per heavy atom. The van der Waals surface area contributed by atoms with Crippen molar-refractivity contribution in [1.82, 2.24) is 9.88 Å². The van der Waals surface area contributed by atoms with Gasteiger partial charge in [-0.25, -0.2) is 9.78 Å². The van der Waals surface area contributed by atoms with E-state index in [0.29, 0.717) is 11.6 Å². The molecule has 2 unspecified atom stereocenters. The van der Waals surface area contributed by atoms with Gasteiger partial charge in [-0.2, -0.15) is 0 Å². The van der Waals surface area contributed by atoms with E-state index in [1.807, 2.05) is 12.3 Å². The summed E-state index contributed by atoms with van der Waals surface area (Å²) in [6.45, 7) is 4.29. The van der Waals surface area contributed by atoms with Crippen LogP contribution in [0.1, 0.15) is 60.9 Å². The third kappa shape index (κ3) is 3.46. The molecule has 0 spiro atoms. The molecule has 21 heavy (non-hydrogen) atoms. The van der Waals surface area contributed by atoms with Gasteiger partial charge in [0.25, 0.3) is 0 Å². The van der Waals surface area contributed by atoms with Crippen LogP contribution in [0.2, 0.25) is 0 Å². The molecule has 0 amide bonds. The molecule has 5 heteroatoms. The molecule has 2 fully saturated rings. The van der Waals surface area contributed by atoms with Gasteiger partial charge in [-0.05, 0) is 45.1 Å². The van der Waals surface area contributed by atoms with Crippen LogP contribution in [0.3, 0.4) is 0 Å². The van der Waals surface area contributed by atoms with Crippen LogP contribution in [-0.4, -0.2) is 35.0 Å². The fourth-order valence-electron chi connectivity index (χ4n) is 3.80. The summed E-state index contributed by atoms with van der Waals surface area (Å²) in [7, 11) is 0. The van der Waals surface area contributed by atoms with Gasteiger partial charge in [-0.1, -0.05) is 12.8 Å². The summed E-state index contributed by atoms with van der Waals surface area (Å²) >= 11 is 1.40. The van der Waals surface area contributed by atoms with Crippen molar-refractivity contribution in [1.29, 1.82) is 0 Å². The quantitative estimate of drug-likeness (QED) is 0.799. The summed E-state index contributed by atoms with van der Waals surface area (Å²) in [6, 6.07) is 0.736. The van der Waals surface area contributed by atoms with Gasteiger partial charge in [0.15, 0.2) is 0 Å². The molecular formula is C16H24N2O2S. The molecule has 2 atom stereocenters. The maximum absolute atomic E-state index is 11.7. The first-order valence-electron chi connectivity index (χ1n) is 8.13. The van der Waals surface area contributed by atoms with Gasteiger partial charge in [-0.15, -0.1) is 11.3 Å². The molecule has 4 nitrogen and oxygen atoms in total. The van der Waals surface area contributed by atoms with E-state index in [9.17, 15) is 4.79 Å². The Kier molecular flexibility index (Phi) is 4.91.